The van der Waals surface area contributed by atoms with Crippen LogP contribution in [-0.4, -0.2) is 25.1 Å². The topological polar surface area (TPSA) is 9.23 Å². The van der Waals surface area contributed by atoms with Crippen molar-refractivity contribution in [2.45, 2.75) is 13.2 Å². The highest BCUT2D eigenvalue weighted by atomic mass is 16.5. The lowest BCUT2D eigenvalue weighted by atomic mass is 10.1. The highest BCUT2D eigenvalue weighted by Gasteiger charge is 2.30. The van der Waals surface area contributed by atoms with Crippen molar-refractivity contribution in [3.63, 3.8) is 0 Å². The molecule has 1 unspecified atom stereocenters. The van der Waals surface area contributed by atoms with Gasteiger partial charge in [0.2, 0.25) is 0 Å². The predicted molar refractivity (Wildman–Crippen MR) is 78.9 cm³/mol. The molecule has 2 nitrogen and oxygen atoms in total. The third-order valence-electron chi connectivity index (χ3n) is 3.53. The van der Waals surface area contributed by atoms with Crippen molar-refractivity contribution in [1.29, 1.82) is 0 Å². The van der Waals surface area contributed by atoms with E-state index < -0.39 is 0 Å². The fourth-order valence-electron chi connectivity index (χ4n) is 2.03. The van der Waals surface area contributed by atoms with Gasteiger partial charge in [-0.05, 0) is 31.2 Å². The minimum Gasteiger partial charge on any atom is -0.438 e. The van der Waals surface area contributed by atoms with Crippen LogP contribution in [0.3, 0.4) is 0 Å². The van der Waals surface area contributed by atoms with Crippen LogP contribution in [0.1, 0.15) is 18.7 Å². The Morgan fingerprint density at radius 2 is 1.42 bits per heavy atom. The quantitative estimate of drug-likeness (QED) is 0.583. The van der Waals surface area contributed by atoms with Crippen LogP contribution in [0.2, 0.25) is 0 Å². The number of ether oxygens (including phenoxy) is 1. The van der Waals surface area contributed by atoms with Gasteiger partial charge in [0.25, 0.3) is 6.23 Å². The van der Waals surface area contributed by atoms with Crippen molar-refractivity contribution in [2.24, 2.45) is 0 Å². The van der Waals surface area contributed by atoms with E-state index in [1.54, 1.807) is 0 Å². The van der Waals surface area contributed by atoms with Gasteiger partial charge in [0.15, 0.2) is 0 Å². The fourth-order valence-corrected chi connectivity index (χ4v) is 2.03. The molecule has 2 aromatic carbocycles. The van der Waals surface area contributed by atoms with Gasteiger partial charge >= 0.3 is 0 Å². The number of para-hydroxylation sites is 1. The van der Waals surface area contributed by atoms with Gasteiger partial charge in [0.05, 0.1) is 26.2 Å². The largest absolute Gasteiger partial charge is 0.438 e. The molecule has 19 heavy (non-hydrogen) atoms. The van der Waals surface area contributed by atoms with Crippen molar-refractivity contribution in [1.82, 2.24) is 0 Å². The maximum atomic E-state index is 6.23. The first-order chi connectivity index (χ1) is 9.13. The molecule has 0 amide bonds. The van der Waals surface area contributed by atoms with Gasteiger partial charge in [0.1, 0.15) is 5.75 Å². The average molecular weight is 256 g/mol. The van der Waals surface area contributed by atoms with Crippen LogP contribution in [0.25, 0.3) is 0 Å². The Morgan fingerprint density at radius 3 is 1.95 bits per heavy atom. The molecule has 0 N–H and O–H groups in total. The van der Waals surface area contributed by atoms with Gasteiger partial charge in [0, 0.05) is 0 Å². The molecular weight excluding hydrogens is 234 g/mol. The summed E-state index contributed by atoms with van der Waals surface area (Å²) >= 11 is 0. The molecule has 0 saturated heterocycles. The number of benzene rings is 2. The molecule has 0 aromatic heterocycles. The maximum Gasteiger partial charge on any atom is 0.259 e. The van der Waals surface area contributed by atoms with E-state index in [1.165, 1.54) is 5.56 Å². The first kappa shape index (κ1) is 13.6. The summed E-state index contributed by atoms with van der Waals surface area (Å²) in [4.78, 5) is 0. The summed E-state index contributed by atoms with van der Waals surface area (Å²) in [7, 11) is 4.39. The summed E-state index contributed by atoms with van der Waals surface area (Å²) in [5.74, 6) is 0.913. The molecule has 100 valence electrons. The van der Waals surface area contributed by atoms with Crippen molar-refractivity contribution in [3.8, 4) is 5.75 Å². The van der Waals surface area contributed by atoms with Gasteiger partial charge in [-0.25, -0.2) is 0 Å². The van der Waals surface area contributed by atoms with E-state index in [-0.39, 0.29) is 6.23 Å². The third kappa shape index (κ3) is 3.36. The average Bonchev–Trinajstić information content (AvgIpc) is 2.46. The lowest BCUT2D eigenvalue weighted by Gasteiger charge is -2.36. The van der Waals surface area contributed by atoms with Gasteiger partial charge < -0.3 is 4.74 Å². The van der Waals surface area contributed by atoms with Crippen LogP contribution in [-0.2, 0) is 0 Å². The van der Waals surface area contributed by atoms with E-state index >= 15 is 0 Å². The SMILES string of the molecule is CC[N+](C)(C)C(Oc1ccccc1)c1ccccc1. The molecule has 0 bridgehead atoms. The zero-order chi connectivity index (χ0) is 13.7. The Bertz CT molecular complexity index is 493. The van der Waals surface area contributed by atoms with Crippen LogP contribution >= 0.6 is 0 Å². The Hall–Kier alpha value is -1.80. The predicted octanol–water partition coefficient (Wildman–Crippen LogP) is 3.86. The van der Waals surface area contributed by atoms with Crippen molar-refractivity contribution < 1.29 is 9.22 Å². The number of quaternary nitrogens is 1. The first-order valence-corrected chi connectivity index (χ1v) is 6.73. The molecule has 2 aromatic rings. The minimum atomic E-state index is 0.00796. The molecule has 0 aliphatic carbocycles. The molecule has 2 heteroatoms. The maximum absolute atomic E-state index is 6.23. The van der Waals surface area contributed by atoms with E-state index in [0.29, 0.717) is 0 Å². The summed E-state index contributed by atoms with van der Waals surface area (Å²) in [6.07, 6.45) is 0.00796. The number of hydrogen-bond donors (Lipinski definition) is 0. The number of nitrogens with zero attached hydrogens (tertiary/aromatic N) is 1. The van der Waals surface area contributed by atoms with Crippen LogP contribution in [0, 0.1) is 0 Å². The lowest BCUT2D eigenvalue weighted by Crippen LogP contribution is -2.45. The van der Waals surface area contributed by atoms with E-state index in [9.17, 15) is 0 Å². The number of rotatable bonds is 5. The molecule has 0 spiro atoms. The Kier molecular flexibility index (Phi) is 4.23. The smallest absolute Gasteiger partial charge is 0.259 e. The summed E-state index contributed by atoms with van der Waals surface area (Å²) in [6.45, 7) is 3.19. The summed E-state index contributed by atoms with van der Waals surface area (Å²) < 4.78 is 7.02. The normalized spacial score (nSPS) is 13.0. The van der Waals surface area contributed by atoms with Crippen LogP contribution in [0.5, 0.6) is 5.75 Å². The molecule has 0 aliphatic heterocycles. The Balaban J connectivity index is 2.31. The molecule has 0 aliphatic rings. The molecule has 0 saturated carbocycles. The van der Waals surface area contributed by atoms with Gasteiger partial charge in [-0.3, -0.25) is 4.48 Å². The molecular formula is C17H22NO+. The summed E-state index contributed by atoms with van der Waals surface area (Å²) in [5, 5.41) is 0. The number of hydrogen-bond acceptors (Lipinski definition) is 1. The molecule has 2 rings (SSSR count). The third-order valence-corrected chi connectivity index (χ3v) is 3.53. The van der Waals surface area contributed by atoms with Gasteiger partial charge in [-0.15, -0.1) is 0 Å². The Morgan fingerprint density at radius 1 is 0.895 bits per heavy atom. The van der Waals surface area contributed by atoms with E-state index in [2.05, 4.69) is 45.3 Å². The second-order valence-electron chi connectivity index (χ2n) is 5.29. The van der Waals surface area contributed by atoms with Crippen LogP contribution in [0.4, 0.5) is 0 Å². The second kappa shape index (κ2) is 5.89. The summed E-state index contributed by atoms with van der Waals surface area (Å²) in [6, 6.07) is 20.4. The van der Waals surface area contributed by atoms with Gasteiger partial charge in [-0.2, -0.15) is 0 Å². The standard InChI is InChI=1S/C17H22NO/c1-4-18(2,3)17(15-11-7-5-8-12-15)19-16-13-9-6-10-14-16/h5-14,17H,4H2,1-3H3/q+1. The van der Waals surface area contributed by atoms with Crippen LogP contribution in [0.15, 0.2) is 60.7 Å². The highest BCUT2D eigenvalue weighted by Crippen LogP contribution is 2.28. The van der Waals surface area contributed by atoms with Crippen molar-refractivity contribution >= 4 is 0 Å². The summed E-state index contributed by atoms with van der Waals surface area (Å²) in [5.41, 5.74) is 1.21. The van der Waals surface area contributed by atoms with E-state index in [0.717, 1.165) is 16.8 Å². The van der Waals surface area contributed by atoms with E-state index in [1.807, 2.05) is 36.4 Å². The zero-order valence-electron chi connectivity index (χ0n) is 11.9. The van der Waals surface area contributed by atoms with Crippen LogP contribution < -0.4 is 4.74 Å². The molecule has 1 atom stereocenters. The minimum absolute atomic E-state index is 0.00796. The first-order valence-electron chi connectivity index (χ1n) is 6.73. The molecule has 0 fully saturated rings. The van der Waals surface area contributed by atoms with Crippen molar-refractivity contribution in [2.75, 3.05) is 20.6 Å². The Labute approximate surface area is 115 Å². The molecule has 0 heterocycles. The lowest BCUT2D eigenvalue weighted by molar-refractivity contribution is -0.938. The van der Waals surface area contributed by atoms with Crippen molar-refractivity contribution in [3.05, 3.63) is 66.2 Å². The molecule has 0 radical (unpaired) electrons. The zero-order valence-corrected chi connectivity index (χ0v) is 11.9. The monoisotopic (exact) mass is 256 g/mol. The van der Waals surface area contributed by atoms with E-state index in [4.69, 9.17) is 4.74 Å². The second-order valence-corrected chi connectivity index (χ2v) is 5.29. The fraction of sp³-hybridized carbons (Fsp3) is 0.294. The van der Waals surface area contributed by atoms with Gasteiger partial charge in [-0.1, -0.05) is 36.4 Å². The highest BCUT2D eigenvalue weighted by molar-refractivity contribution is 5.23.